The van der Waals surface area contributed by atoms with E-state index >= 15 is 0 Å². The number of aliphatic hydroxyl groups excluding tert-OH is 1. The molecule has 0 spiro atoms. The quantitative estimate of drug-likeness (QED) is 0.900. The molecule has 1 aromatic heterocycles. The summed E-state index contributed by atoms with van der Waals surface area (Å²) < 4.78 is 6.07. The molecule has 1 amide bonds. The summed E-state index contributed by atoms with van der Waals surface area (Å²) in [5.74, 6) is 1.75. The van der Waals surface area contributed by atoms with Crippen molar-refractivity contribution >= 4 is 11.7 Å². The number of fused-ring (bicyclic) bond motifs is 1. The van der Waals surface area contributed by atoms with Crippen LogP contribution in [0.4, 0.5) is 5.82 Å². The number of benzene rings is 1. The van der Waals surface area contributed by atoms with Crippen molar-refractivity contribution in [3.8, 4) is 5.75 Å². The second-order valence-electron chi connectivity index (χ2n) is 7.29. The van der Waals surface area contributed by atoms with Gasteiger partial charge >= 0.3 is 0 Å². The number of para-hydroxylation sites is 1. The van der Waals surface area contributed by atoms with Gasteiger partial charge in [-0.3, -0.25) is 4.79 Å². The van der Waals surface area contributed by atoms with Crippen molar-refractivity contribution in [2.75, 3.05) is 31.6 Å². The van der Waals surface area contributed by atoms with Crippen molar-refractivity contribution in [3.63, 3.8) is 0 Å². The fraction of sp³-hybridized carbons (Fsp3) is 0.429. The van der Waals surface area contributed by atoms with Crippen molar-refractivity contribution in [2.24, 2.45) is 0 Å². The smallest absolute Gasteiger partial charge is 0.256 e. The summed E-state index contributed by atoms with van der Waals surface area (Å²) in [5.41, 5.74) is 2.30. The Morgan fingerprint density at radius 3 is 2.59 bits per heavy atom. The van der Waals surface area contributed by atoms with Crippen LogP contribution < -0.4 is 9.64 Å². The Morgan fingerprint density at radius 2 is 1.93 bits per heavy atom. The highest BCUT2D eigenvalue weighted by Gasteiger charge is 2.36. The van der Waals surface area contributed by atoms with Gasteiger partial charge in [-0.2, -0.15) is 0 Å². The maximum atomic E-state index is 12.4. The lowest BCUT2D eigenvalue weighted by molar-refractivity contribution is 0.0715. The van der Waals surface area contributed by atoms with Gasteiger partial charge in [0.25, 0.3) is 5.91 Å². The van der Waals surface area contributed by atoms with Crippen LogP contribution >= 0.6 is 0 Å². The molecule has 2 aliphatic heterocycles. The summed E-state index contributed by atoms with van der Waals surface area (Å²) >= 11 is 0. The number of carbonyl (C=O) groups is 1. The van der Waals surface area contributed by atoms with Crippen LogP contribution in [0.1, 0.15) is 40.5 Å². The third-order valence-corrected chi connectivity index (χ3v) is 5.51. The Hall–Kier alpha value is -2.60. The number of hydrogen-bond acceptors (Lipinski definition) is 5. The number of anilines is 1. The minimum absolute atomic E-state index is 0.0684. The van der Waals surface area contributed by atoms with E-state index in [1.807, 2.05) is 43.3 Å². The van der Waals surface area contributed by atoms with E-state index in [0.29, 0.717) is 11.3 Å². The van der Waals surface area contributed by atoms with Crippen LogP contribution in [0.5, 0.6) is 5.75 Å². The number of pyridine rings is 1. The molecule has 1 N–H and O–H groups in total. The van der Waals surface area contributed by atoms with E-state index in [4.69, 9.17) is 9.72 Å². The zero-order valence-corrected chi connectivity index (χ0v) is 15.8. The molecule has 1 saturated heterocycles. The van der Waals surface area contributed by atoms with Gasteiger partial charge in [0, 0.05) is 33.0 Å². The van der Waals surface area contributed by atoms with Gasteiger partial charge in [0.05, 0.1) is 23.9 Å². The molecule has 0 unspecified atom stereocenters. The molecule has 6 nitrogen and oxygen atoms in total. The van der Waals surface area contributed by atoms with Gasteiger partial charge in [-0.25, -0.2) is 4.98 Å². The first-order valence-electron chi connectivity index (χ1n) is 9.44. The van der Waals surface area contributed by atoms with Crippen molar-refractivity contribution in [1.82, 2.24) is 9.88 Å². The molecule has 6 heteroatoms. The summed E-state index contributed by atoms with van der Waals surface area (Å²) in [7, 11) is 1.71. The highest BCUT2D eigenvalue weighted by molar-refractivity contribution is 5.99. The van der Waals surface area contributed by atoms with Gasteiger partial charge in [0.2, 0.25) is 0 Å². The molecule has 2 aliphatic rings. The molecular weight excluding hydrogens is 342 g/mol. The number of carbonyl (C=O) groups excluding carboxylic acids is 1. The van der Waals surface area contributed by atoms with Crippen molar-refractivity contribution in [3.05, 3.63) is 53.2 Å². The summed E-state index contributed by atoms with van der Waals surface area (Å²) in [6.45, 7) is 3.60. The zero-order chi connectivity index (χ0) is 19.0. The Morgan fingerprint density at radius 1 is 1.22 bits per heavy atom. The van der Waals surface area contributed by atoms with E-state index < -0.39 is 0 Å². The average molecular weight is 367 g/mol. The normalized spacial score (nSPS) is 20.1. The van der Waals surface area contributed by atoms with Crippen LogP contribution in [0, 0.1) is 6.92 Å². The molecule has 0 radical (unpaired) electrons. The number of rotatable bonds is 4. The van der Waals surface area contributed by atoms with E-state index in [2.05, 4.69) is 4.90 Å². The number of hydrogen-bond donors (Lipinski definition) is 1. The minimum atomic E-state index is -0.356. The summed E-state index contributed by atoms with van der Waals surface area (Å²) in [6, 6.07) is 11.5. The van der Waals surface area contributed by atoms with Crippen LogP contribution in [0.25, 0.3) is 0 Å². The molecule has 4 rings (SSSR count). The van der Waals surface area contributed by atoms with Gasteiger partial charge in [0.15, 0.2) is 0 Å². The van der Waals surface area contributed by atoms with Crippen LogP contribution in [0.2, 0.25) is 0 Å². The molecule has 1 atom stereocenters. The van der Waals surface area contributed by atoms with Crippen LogP contribution in [0.3, 0.4) is 0 Å². The number of nitrogens with zero attached hydrogens (tertiary/aromatic N) is 3. The Balaban J connectivity index is 1.49. The second kappa shape index (κ2) is 7.19. The first-order chi connectivity index (χ1) is 13.1. The fourth-order valence-corrected chi connectivity index (χ4v) is 3.96. The Kier molecular flexibility index (Phi) is 4.74. The van der Waals surface area contributed by atoms with Gasteiger partial charge < -0.3 is 19.6 Å². The number of aliphatic hydroxyl groups is 1. The highest BCUT2D eigenvalue weighted by atomic mass is 16.5. The number of aryl methyl sites for hydroxylation is 1. The van der Waals surface area contributed by atoms with Crippen LogP contribution in [-0.4, -0.2) is 53.7 Å². The van der Waals surface area contributed by atoms with Gasteiger partial charge in [0.1, 0.15) is 17.7 Å². The third kappa shape index (κ3) is 3.25. The molecule has 0 saturated carbocycles. The Labute approximate surface area is 159 Å². The largest absolute Gasteiger partial charge is 0.490 e. The van der Waals surface area contributed by atoms with Crippen LogP contribution in [0.15, 0.2) is 36.4 Å². The molecule has 142 valence electrons. The molecule has 27 heavy (non-hydrogen) atoms. The molecular formula is C21H25N3O3. The summed E-state index contributed by atoms with van der Waals surface area (Å²) in [6.07, 6.45) is 2.06. The van der Waals surface area contributed by atoms with Gasteiger partial charge in [-0.05, 0) is 30.7 Å². The third-order valence-electron chi connectivity index (χ3n) is 5.51. The number of ether oxygens (including phenoxy) is 1. The molecule has 2 aromatic rings. The van der Waals surface area contributed by atoms with E-state index in [1.54, 1.807) is 11.9 Å². The van der Waals surface area contributed by atoms with Crippen molar-refractivity contribution in [1.29, 1.82) is 0 Å². The first kappa shape index (κ1) is 17.8. The monoisotopic (exact) mass is 367 g/mol. The molecule has 0 bridgehead atoms. The average Bonchev–Trinajstić information content (AvgIpc) is 2.92. The SMILES string of the molecule is Cc1cc2c(nc1N1CCC(Oc3ccccc3)CC1)[C@H](CO)N(C)C2=O. The number of piperidine rings is 1. The van der Waals surface area contributed by atoms with E-state index in [-0.39, 0.29) is 24.7 Å². The minimum Gasteiger partial charge on any atom is -0.490 e. The standard InChI is InChI=1S/C21H25N3O3/c1-14-12-17-19(18(13-25)23(2)21(17)26)22-20(14)24-10-8-16(9-11-24)27-15-6-4-3-5-7-15/h3-7,12,16,18,25H,8-11,13H2,1-2H3/t18-/m0/s1. The first-order valence-corrected chi connectivity index (χ1v) is 9.44. The highest BCUT2D eigenvalue weighted by Crippen LogP contribution is 2.34. The Bertz CT molecular complexity index is 832. The van der Waals surface area contributed by atoms with E-state index in [9.17, 15) is 9.90 Å². The molecule has 1 aromatic carbocycles. The maximum Gasteiger partial charge on any atom is 0.256 e. The van der Waals surface area contributed by atoms with Crippen LogP contribution in [-0.2, 0) is 0 Å². The number of amides is 1. The summed E-state index contributed by atoms with van der Waals surface area (Å²) in [5, 5.41) is 9.68. The maximum absolute atomic E-state index is 12.4. The van der Waals surface area contributed by atoms with Gasteiger partial charge in [-0.1, -0.05) is 18.2 Å². The lowest BCUT2D eigenvalue weighted by Crippen LogP contribution is -2.39. The molecule has 0 aliphatic carbocycles. The topological polar surface area (TPSA) is 65.9 Å². The fourth-order valence-electron chi connectivity index (χ4n) is 3.96. The van der Waals surface area contributed by atoms with Crippen molar-refractivity contribution in [2.45, 2.75) is 31.9 Å². The predicted molar refractivity (Wildman–Crippen MR) is 103 cm³/mol. The lowest BCUT2D eigenvalue weighted by atomic mass is 10.1. The number of aromatic nitrogens is 1. The van der Waals surface area contributed by atoms with E-state index in [1.165, 1.54) is 0 Å². The predicted octanol–water partition coefficient (Wildman–Crippen LogP) is 2.56. The number of likely N-dealkylation sites (N-methyl/N-ethyl adjacent to an activating group) is 1. The van der Waals surface area contributed by atoms with Crippen molar-refractivity contribution < 1.29 is 14.6 Å². The summed E-state index contributed by atoms with van der Waals surface area (Å²) in [4.78, 5) is 21.0. The zero-order valence-electron chi connectivity index (χ0n) is 15.8. The van der Waals surface area contributed by atoms with Gasteiger partial charge in [-0.15, -0.1) is 0 Å². The molecule has 1 fully saturated rings. The lowest BCUT2D eigenvalue weighted by Gasteiger charge is -2.34. The molecule has 3 heterocycles. The second-order valence-corrected chi connectivity index (χ2v) is 7.29. The van der Waals surface area contributed by atoms with E-state index in [0.717, 1.165) is 43.1 Å².